The van der Waals surface area contributed by atoms with E-state index in [0.29, 0.717) is 5.56 Å². The molecular formula is C16H16N2O2. The highest BCUT2D eigenvalue weighted by Crippen LogP contribution is 2.08. The summed E-state index contributed by atoms with van der Waals surface area (Å²) in [5, 5.41) is 4.15. The Kier molecular flexibility index (Phi) is 4.50. The Hall–Kier alpha value is -2.62. The minimum atomic E-state index is -0.341. The molecule has 2 aromatic carbocycles. The van der Waals surface area contributed by atoms with Crippen molar-refractivity contribution < 1.29 is 9.53 Å². The van der Waals surface area contributed by atoms with E-state index in [9.17, 15) is 4.79 Å². The quantitative estimate of drug-likeness (QED) is 0.526. The maximum Gasteiger partial charge on any atom is 0.337 e. The third-order valence-corrected chi connectivity index (χ3v) is 2.79. The summed E-state index contributed by atoms with van der Waals surface area (Å²) in [5.41, 5.74) is 6.51. The zero-order valence-corrected chi connectivity index (χ0v) is 11.5. The van der Waals surface area contributed by atoms with E-state index in [4.69, 9.17) is 0 Å². The molecule has 0 saturated heterocycles. The van der Waals surface area contributed by atoms with Crippen LogP contribution in [0.1, 0.15) is 21.5 Å². The molecule has 0 unspecified atom stereocenters. The maximum atomic E-state index is 11.3. The molecule has 0 aliphatic carbocycles. The molecule has 2 rings (SSSR count). The first-order valence-electron chi connectivity index (χ1n) is 6.23. The van der Waals surface area contributed by atoms with E-state index in [1.807, 2.05) is 43.3 Å². The average molecular weight is 268 g/mol. The summed E-state index contributed by atoms with van der Waals surface area (Å²) in [6.45, 7) is 2.04. The molecule has 0 saturated carbocycles. The van der Waals surface area contributed by atoms with Crippen molar-refractivity contribution in [3.8, 4) is 0 Å². The van der Waals surface area contributed by atoms with Gasteiger partial charge in [0.1, 0.15) is 0 Å². The molecule has 0 heterocycles. The average Bonchev–Trinajstić information content (AvgIpc) is 2.49. The molecule has 4 nitrogen and oxygen atoms in total. The number of hydrazone groups is 1. The van der Waals surface area contributed by atoms with Crippen molar-refractivity contribution in [3.63, 3.8) is 0 Å². The van der Waals surface area contributed by atoms with Gasteiger partial charge >= 0.3 is 5.97 Å². The Balaban J connectivity index is 1.97. The molecule has 0 radical (unpaired) electrons. The number of hydrogen-bond donors (Lipinski definition) is 1. The van der Waals surface area contributed by atoms with Gasteiger partial charge < -0.3 is 4.74 Å². The number of ether oxygens (including phenoxy) is 1. The van der Waals surface area contributed by atoms with Crippen LogP contribution < -0.4 is 5.43 Å². The van der Waals surface area contributed by atoms with Crippen LogP contribution in [0.4, 0.5) is 5.69 Å². The Morgan fingerprint density at radius 3 is 2.35 bits per heavy atom. The third kappa shape index (κ3) is 3.68. The topological polar surface area (TPSA) is 50.7 Å². The first-order valence-corrected chi connectivity index (χ1v) is 6.23. The highest BCUT2D eigenvalue weighted by Gasteiger charge is 2.03. The van der Waals surface area contributed by atoms with Crippen molar-refractivity contribution in [2.75, 3.05) is 12.5 Å². The van der Waals surface area contributed by atoms with E-state index in [1.54, 1.807) is 18.3 Å². The van der Waals surface area contributed by atoms with Crippen LogP contribution in [-0.4, -0.2) is 19.3 Å². The van der Waals surface area contributed by atoms with Gasteiger partial charge in [0.25, 0.3) is 0 Å². The predicted octanol–water partition coefficient (Wildman–Crippen LogP) is 3.23. The van der Waals surface area contributed by atoms with Crippen molar-refractivity contribution in [1.29, 1.82) is 0 Å². The standard InChI is InChI=1S/C16H16N2O2/c1-12-3-9-15(10-4-12)18-17-11-13-5-7-14(8-6-13)16(19)20-2/h3-11,18H,1-2H3/b17-11-. The van der Waals surface area contributed by atoms with Crippen LogP contribution in [0.3, 0.4) is 0 Å². The number of esters is 1. The molecule has 0 spiro atoms. The van der Waals surface area contributed by atoms with Gasteiger partial charge in [-0.05, 0) is 36.8 Å². The first kappa shape index (κ1) is 13.8. The molecule has 0 aliphatic heterocycles. The smallest absolute Gasteiger partial charge is 0.337 e. The highest BCUT2D eigenvalue weighted by molar-refractivity contribution is 5.90. The van der Waals surface area contributed by atoms with Gasteiger partial charge in [0.15, 0.2) is 0 Å². The number of rotatable bonds is 4. The van der Waals surface area contributed by atoms with Crippen LogP contribution in [-0.2, 0) is 4.74 Å². The van der Waals surface area contributed by atoms with E-state index in [-0.39, 0.29) is 5.97 Å². The molecule has 0 amide bonds. The molecule has 0 atom stereocenters. The summed E-state index contributed by atoms with van der Waals surface area (Å²) in [7, 11) is 1.36. The highest BCUT2D eigenvalue weighted by atomic mass is 16.5. The van der Waals surface area contributed by atoms with E-state index >= 15 is 0 Å². The zero-order valence-electron chi connectivity index (χ0n) is 11.5. The fourth-order valence-electron chi connectivity index (χ4n) is 1.63. The summed E-state index contributed by atoms with van der Waals surface area (Å²) >= 11 is 0. The molecule has 0 aliphatic rings. The van der Waals surface area contributed by atoms with Crippen molar-refractivity contribution in [1.82, 2.24) is 0 Å². The van der Waals surface area contributed by atoms with Crippen LogP contribution in [0.15, 0.2) is 53.6 Å². The normalized spacial score (nSPS) is 10.5. The van der Waals surface area contributed by atoms with Gasteiger partial charge in [-0.1, -0.05) is 29.8 Å². The first-order chi connectivity index (χ1) is 9.69. The molecule has 0 aromatic heterocycles. The lowest BCUT2D eigenvalue weighted by atomic mass is 10.1. The van der Waals surface area contributed by atoms with E-state index in [2.05, 4.69) is 15.3 Å². The van der Waals surface area contributed by atoms with Crippen molar-refractivity contribution in [2.45, 2.75) is 6.92 Å². The number of nitrogens with one attached hydrogen (secondary N) is 1. The van der Waals surface area contributed by atoms with E-state index in [1.165, 1.54) is 12.7 Å². The van der Waals surface area contributed by atoms with Gasteiger partial charge in [-0.2, -0.15) is 5.10 Å². The second-order valence-electron chi connectivity index (χ2n) is 4.35. The Bertz CT molecular complexity index is 601. The lowest BCUT2D eigenvalue weighted by Crippen LogP contribution is -2.00. The molecule has 1 N–H and O–H groups in total. The fourth-order valence-corrected chi connectivity index (χ4v) is 1.63. The number of hydrogen-bond acceptors (Lipinski definition) is 4. The summed E-state index contributed by atoms with van der Waals surface area (Å²) in [6.07, 6.45) is 1.70. The minimum Gasteiger partial charge on any atom is -0.465 e. The number of nitrogens with zero attached hydrogens (tertiary/aromatic N) is 1. The summed E-state index contributed by atoms with van der Waals surface area (Å²) < 4.78 is 4.64. The van der Waals surface area contributed by atoms with Crippen LogP contribution in [0, 0.1) is 6.92 Å². The lowest BCUT2D eigenvalue weighted by Gasteiger charge is -2.01. The van der Waals surface area contributed by atoms with Crippen LogP contribution >= 0.6 is 0 Å². The van der Waals surface area contributed by atoms with Crippen molar-refractivity contribution >= 4 is 17.9 Å². The second kappa shape index (κ2) is 6.52. The molecule has 0 fully saturated rings. The van der Waals surface area contributed by atoms with Gasteiger partial charge in [0.05, 0.1) is 24.6 Å². The van der Waals surface area contributed by atoms with Crippen LogP contribution in [0.2, 0.25) is 0 Å². The molecule has 102 valence electrons. The number of benzene rings is 2. The number of methoxy groups -OCH3 is 1. The van der Waals surface area contributed by atoms with Crippen molar-refractivity contribution in [2.24, 2.45) is 5.10 Å². The van der Waals surface area contributed by atoms with Crippen molar-refractivity contribution in [3.05, 3.63) is 65.2 Å². The molecule has 4 heteroatoms. The van der Waals surface area contributed by atoms with Crippen LogP contribution in [0.25, 0.3) is 0 Å². The monoisotopic (exact) mass is 268 g/mol. The molecular weight excluding hydrogens is 252 g/mol. The predicted molar refractivity (Wildman–Crippen MR) is 80.2 cm³/mol. The summed E-state index contributed by atoms with van der Waals surface area (Å²) in [4.78, 5) is 11.3. The van der Waals surface area contributed by atoms with Gasteiger partial charge in [-0.15, -0.1) is 0 Å². The molecule has 0 bridgehead atoms. The Labute approximate surface area is 118 Å². The molecule has 20 heavy (non-hydrogen) atoms. The molecule has 2 aromatic rings. The van der Waals surface area contributed by atoms with Gasteiger partial charge in [0, 0.05) is 0 Å². The minimum absolute atomic E-state index is 0.341. The fraction of sp³-hybridized carbons (Fsp3) is 0.125. The summed E-state index contributed by atoms with van der Waals surface area (Å²) in [6, 6.07) is 15.0. The SMILES string of the molecule is COC(=O)c1ccc(/C=N\Nc2ccc(C)cc2)cc1. The number of carbonyl (C=O) groups excluding carboxylic acids is 1. The lowest BCUT2D eigenvalue weighted by molar-refractivity contribution is 0.0601. The van der Waals surface area contributed by atoms with E-state index < -0.39 is 0 Å². The third-order valence-electron chi connectivity index (χ3n) is 2.79. The van der Waals surface area contributed by atoms with Gasteiger partial charge in [-0.25, -0.2) is 4.79 Å². The maximum absolute atomic E-state index is 11.3. The second-order valence-corrected chi connectivity index (χ2v) is 4.35. The number of carbonyl (C=O) groups is 1. The zero-order chi connectivity index (χ0) is 14.4. The van der Waals surface area contributed by atoms with E-state index in [0.717, 1.165) is 11.3 Å². The Morgan fingerprint density at radius 1 is 1.10 bits per heavy atom. The number of anilines is 1. The number of aryl methyl sites for hydroxylation is 1. The van der Waals surface area contributed by atoms with Gasteiger partial charge in [0.2, 0.25) is 0 Å². The van der Waals surface area contributed by atoms with Crippen LogP contribution in [0.5, 0.6) is 0 Å². The largest absolute Gasteiger partial charge is 0.465 e. The summed E-state index contributed by atoms with van der Waals surface area (Å²) in [5.74, 6) is -0.341. The van der Waals surface area contributed by atoms with Gasteiger partial charge in [-0.3, -0.25) is 5.43 Å². The Morgan fingerprint density at radius 2 is 1.75 bits per heavy atom.